The lowest BCUT2D eigenvalue weighted by molar-refractivity contribution is 0.606. The number of alkyl halides is 1. The molecule has 0 amide bonds. The van der Waals surface area contributed by atoms with Crippen molar-refractivity contribution in [3.05, 3.63) is 25.6 Å². The van der Waals surface area contributed by atoms with Gasteiger partial charge in [0.1, 0.15) is 4.66 Å². The molecule has 0 saturated carbocycles. The van der Waals surface area contributed by atoms with E-state index in [2.05, 4.69) is 68.4 Å². The molecular weight excluding hydrogens is 482 g/mol. The molecule has 15 heavy (non-hydrogen) atoms. The Bertz CT molecular complexity index is 451. The smallest absolute Gasteiger partial charge is 0.242 e. The molecule has 0 aliphatic rings. The maximum absolute atomic E-state index is 11.3. The first-order valence-corrected chi connectivity index (χ1v) is 8.72. The molecule has 8 heteroatoms. The van der Waals surface area contributed by atoms with E-state index in [0.717, 1.165) is 4.47 Å². The molecule has 0 radical (unpaired) electrons. The molecule has 0 heterocycles. The van der Waals surface area contributed by atoms with Crippen LogP contribution in [0.5, 0.6) is 0 Å². The second kappa shape index (κ2) is 5.48. The van der Waals surface area contributed by atoms with Crippen molar-refractivity contribution in [2.45, 2.75) is 0 Å². The first kappa shape index (κ1) is 14.0. The van der Waals surface area contributed by atoms with Crippen molar-refractivity contribution < 1.29 is 8.42 Å². The molecule has 1 aromatic rings. The van der Waals surface area contributed by atoms with Crippen LogP contribution in [0.2, 0.25) is 0 Å². The van der Waals surface area contributed by atoms with Crippen LogP contribution in [-0.4, -0.2) is 13.1 Å². The van der Waals surface area contributed by atoms with Gasteiger partial charge in [0.15, 0.2) is 0 Å². The van der Waals surface area contributed by atoms with E-state index in [1.54, 1.807) is 12.1 Å². The number of rotatable bonds is 3. The van der Waals surface area contributed by atoms with Crippen LogP contribution < -0.4 is 4.72 Å². The molecule has 0 saturated heterocycles. The fourth-order valence-corrected chi connectivity index (χ4v) is 4.47. The molecule has 3 nitrogen and oxygen atoms in total. The van der Waals surface area contributed by atoms with Crippen molar-refractivity contribution in [3.8, 4) is 0 Å². The predicted molar refractivity (Wildman–Crippen MR) is 75.9 cm³/mol. The molecule has 0 aliphatic heterocycles. The SMILES string of the molecule is O=S(=O)(CBr)Nc1c(Br)cc(Br)cc1Br. The number of hydrogen-bond donors (Lipinski definition) is 1. The van der Waals surface area contributed by atoms with E-state index in [9.17, 15) is 8.42 Å². The lowest BCUT2D eigenvalue weighted by Gasteiger charge is -2.10. The van der Waals surface area contributed by atoms with Crippen molar-refractivity contribution in [2.24, 2.45) is 0 Å². The summed E-state index contributed by atoms with van der Waals surface area (Å²) in [5, 5.41) is 0. The van der Waals surface area contributed by atoms with E-state index in [1.807, 2.05) is 0 Å². The Hall–Kier alpha value is 0.890. The van der Waals surface area contributed by atoms with E-state index in [1.165, 1.54) is 0 Å². The van der Waals surface area contributed by atoms with E-state index in [-0.39, 0.29) is 4.66 Å². The van der Waals surface area contributed by atoms with Gasteiger partial charge in [-0.2, -0.15) is 0 Å². The molecule has 1 aromatic carbocycles. The van der Waals surface area contributed by atoms with Crippen LogP contribution in [0, 0.1) is 0 Å². The number of benzene rings is 1. The summed E-state index contributed by atoms with van der Waals surface area (Å²) >= 11 is 12.8. The second-order valence-corrected chi connectivity index (χ2v) is 8.22. The van der Waals surface area contributed by atoms with Gasteiger partial charge >= 0.3 is 0 Å². The third-order valence-electron chi connectivity index (χ3n) is 1.41. The minimum absolute atomic E-state index is 0.144. The number of nitrogens with one attached hydrogen (secondary N) is 1. The van der Waals surface area contributed by atoms with Crippen LogP contribution in [0.1, 0.15) is 0 Å². The molecule has 0 aromatic heterocycles. The zero-order valence-corrected chi connectivity index (χ0v) is 14.3. The normalized spacial score (nSPS) is 11.5. The van der Waals surface area contributed by atoms with Gasteiger partial charge in [-0.25, -0.2) is 8.42 Å². The van der Waals surface area contributed by atoms with E-state index >= 15 is 0 Å². The molecule has 0 atom stereocenters. The van der Waals surface area contributed by atoms with E-state index < -0.39 is 10.0 Å². The Labute approximate surface area is 122 Å². The van der Waals surface area contributed by atoms with Gasteiger partial charge in [0.25, 0.3) is 0 Å². The standard InChI is InChI=1S/C7H5Br4NO2S/c8-3-15(13,14)12-7-5(10)1-4(9)2-6(7)11/h1-2,12H,3H2. The maximum atomic E-state index is 11.3. The van der Waals surface area contributed by atoms with Crippen molar-refractivity contribution in [1.82, 2.24) is 0 Å². The Morgan fingerprint density at radius 2 is 1.60 bits per heavy atom. The van der Waals surface area contributed by atoms with Gasteiger partial charge < -0.3 is 0 Å². The zero-order chi connectivity index (χ0) is 11.6. The summed E-state index contributed by atoms with van der Waals surface area (Å²) in [6, 6.07) is 3.52. The Kier molecular flexibility index (Phi) is 5.10. The highest BCUT2D eigenvalue weighted by Gasteiger charge is 2.13. The van der Waals surface area contributed by atoms with Gasteiger partial charge in [0.05, 0.1) is 5.69 Å². The Balaban J connectivity index is 3.17. The molecule has 1 rings (SSSR count). The molecule has 0 spiro atoms. The number of sulfonamides is 1. The zero-order valence-electron chi connectivity index (χ0n) is 7.10. The van der Waals surface area contributed by atoms with Crippen molar-refractivity contribution in [2.75, 3.05) is 9.38 Å². The monoisotopic (exact) mass is 483 g/mol. The minimum atomic E-state index is -3.34. The predicted octanol–water partition coefficient (Wildman–Crippen LogP) is 4.07. The number of halogens is 4. The van der Waals surface area contributed by atoms with E-state index in [0.29, 0.717) is 14.6 Å². The summed E-state index contributed by atoms with van der Waals surface area (Å²) in [5.74, 6) is 0. The first-order chi connectivity index (χ1) is 6.85. The van der Waals surface area contributed by atoms with Gasteiger partial charge in [0.2, 0.25) is 10.0 Å². The summed E-state index contributed by atoms with van der Waals surface area (Å²) in [6.07, 6.45) is 0. The number of hydrogen-bond acceptors (Lipinski definition) is 2. The second-order valence-electron chi connectivity index (χ2n) is 2.57. The quantitative estimate of drug-likeness (QED) is 0.655. The molecular formula is C7H5Br4NO2S. The summed E-state index contributed by atoms with van der Waals surface area (Å²) in [6.45, 7) is 0. The summed E-state index contributed by atoms with van der Waals surface area (Å²) < 4.78 is 27.2. The fraction of sp³-hybridized carbons (Fsp3) is 0.143. The van der Waals surface area contributed by atoms with Crippen LogP contribution in [0.4, 0.5) is 5.69 Å². The molecule has 1 N–H and O–H groups in total. The highest BCUT2D eigenvalue weighted by Crippen LogP contribution is 2.35. The molecule has 0 unspecified atom stereocenters. The van der Waals surface area contributed by atoms with Crippen LogP contribution in [0.15, 0.2) is 25.6 Å². The first-order valence-electron chi connectivity index (χ1n) is 3.57. The van der Waals surface area contributed by atoms with Gasteiger partial charge in [-0.1, -0.05) is 31.9 Å². The van der Waals surface area contributed by atoms with Crippen molar-refractivity contribution >= 4 is 79.4 Å². The summed E-state index contributed by atoms with van der Waals surface area (Å²) in [5.41, 5.74) is 0.484. The summed E-state index contributed by atoms with van der Waals surface area (Å²) in [7, 11) is -3.34. The van der Waals surface area contributed by atoms with Gasteiger partial charge in [-0.3, -0.25) is 4.72 Å². The average Bonchev–Trinajstić information content (AvgIpc) is 2.11. The largest absolute Gasteiger partial charge is 0.281 e. The average molecular weight is 487 g/mol. The molecule has 0 aliphatic carbocycles. The van der Waals surface area contributed by atoms with Gasteiger partial charge in [-0.05, 0) is 44.0 Å². The topological polar surface area (TPSA) is 46.2 Å². The van der Waals surface area contributed by atoms with Crippen LogP contribution in [-0.2, 0) is 10.0 Å². The van der Waals surface area contributed by atoms with Crippen LogP contribution >= 0.6 is 63.7 Å². The lowest BCUT2D eigenvalue weighted by Crippen LogP contribution is -2.13. The molecule has 0 fully saturated rings. The molecule has 0 bridgehead atoms. The van der Waals surface area contributed by atoms with Crippen LogP contribution in [0.3, 0.4) is 0 Å². The van der Waals surface area contributed by atoms with Crippen LogP contribution in [0.25, 0.3) is 0 Å². The minimum Gasteiger partial charge on any atom is -0.281 e. The molecule has 84 valence electrons. The Morgan fingerprint density at radius 3 is 2.00 bits per heavy atom. The Morgan fingerprint density at radius 1 is 1.13 bits per heavy atom. The highest BCUT2D eigenvalue weighted by atomic mass is 79.9. The third-order valence-corrected chi connectivity index (χ3v) is 5.73. The van der Waals surface area contributed by atoms with Gasteiger partial charge in [0, 0.05) is 13.4 Å². The van der Waals surface area contributed by atoms with Crippen molar-refractivity contribution in [3.63, 3.8) is 0 Å². The number of anilines is 1. The fourth-order valence-electron chi connectivity index (χ4n) is 0.822. The lowest BCUT2D eigenvalue weighted by atomic mass is 10.3. The highest BCUT2D eigenvalue weighted by molar-refractivity contribution is 9.12. The maximum Gasteiger partial charge on any atom is 0.242 e. The van der Waals surface area contributed by atoms with Crippen molar-refractivity contribution in [1.29, 1.82) is 0 Å². The third kappa shape index (κ3) is 3.99. The van der Waals surface area contributed by atoms with Gasteiger partial charge in [-0.15, -0.1) is 0 Å². The summed E-state index contributed by atoms with van der Waals surface area (Å²) in [4.78, 5) is 0. The van der Waals surface area contributed by atoms with E-state index in [4.69, 9.17) is 0 Å².